The molecule has 0 aromatic heterocycles. The number of amides is 3. The topological polar surface area (TPSA) is 96.5 Å². The second kappa shape index (κ2) is 10.1. The Morgan fingerprint density at radius 3 is 2.18 bits per heavy atom. The summed E-state index contributed by atoms with van der Waals surface area (Å²) in [7, 11) is 0. The van der Waals surface area contributed by atoms with E-state index < -0.39 is 11.8 Å². The standard InChI is InChI=1S/C21H25N3O4/c1-4-14(3)28-18-8-6-7-16(13-18)21(27)24-23-20(26)15-9-11-17(12-10-15)22-19(25)5-2/h6-14H,4-5H2,1-3H3,(H,22,25)(H,23,26)(H,24,27). The van der Waals surface area contributed by atoms with E-state index >= 15 is 0 Å². The van der Waals surface area contributed by atoms with Gasteiger partial charge in [-0.25, -0.2) is 0 Å². The SMILES string of the molecule is CCC(=O)Nc1ccc(C(=O)NNC(=O)c2cccc(OC(C)CC)c2)cc1. The first-order valence-corrected chi connectivity index (χ1v) is 9.20. The Balaban J connectivity index is 1.92. The summed E-state index contributed by atoms with van der Waals surface area (Å²) in [5.41, 5.74) is 6.08. The molecule has 3 amide bonds. The van der Waals surface area contributed by atoms with E-state index in [9.17, 15) is 14.4 Å². The maximum absolute atomic E-state index is 12.3. The number of nitrogens with one attached hydrogen (secondary N) is 3. The summed E-state index contributed by atoms with van der Waals surface area (Å²) in [4.78, 5) is 35.8. The quantitative estimate of drug-likeness (QED) is 0.639. The Morgan fingerprint density at radius 2 is 1.57 bits per heavy atom. The molecule has 0 radical (unpaired) electrons. The summed E-state index contributed by atoms with van der Waals surface area (Å²) in [6.45, 7) is 5.72. The zero-order valence-corrected chi connectivity index (χ0v) is 16.2. The van der Waals surface area contributed by atoms with E-state index in [4.69, 9.17) is 4.74 Å². The summed E-state index contributed by atoms with van der Waals surface area (Å²) < 4.78 is 5.70. The molecule has 0 aliphatic carbocycles. The Kier molecular flexibility index (Phi) is 7.56. The lowest BCUT2D eigenvalue weighted by Gasteiger charge is -2.13. The second-order valence-corrected chi connectivity index (χ2v) is 6.25. The van der Waals surface area contributed by atoms with Gasteiger partial charge in [-0.1, -0.05) is 19.9 Å². The monoisotopic (exact) mass is 383 g/mol. The van der Waals surface area contributed by atoms with Crippen molar-refractivity contribution in [1.82, 2.24) is 10.9 Å². The first kappa shape index (κ1) is 21.0. The van der Waals surface area contributed by atoms with E-state index in [-0.39, 0.29) is 12.0 Å². The fourth-order valence-electron chi connectivity index (χ4n) is 2.24. The number of rotatable bonds is 7. The lowest BCUT2D eigenvalue weighted by atomic mass is 10.2. The van der Waals surface area contributed by atoms with Crippen molar-refractivity contribution < 1.29 is 19.1 Å². The Bertz CT molecular complexity index is 834. The zero-order chi connectivity index (χ0) is 20.5. The lowest BCUT2D eigenvalue weighted by molar-refractivity contribution is -0.115. The molecule has 28 heavy (non-hydrogen) atoms. The van der Waals surface area contributed by atoms with E-state index in [1.807, 2.05) is 13.8 Å². The molecular formula is C21H25N3O4. The van der Waals surface area contributed by atoms with E-state index in [0.717, 1.165) is 6.42 Å². The minimum atomic E-state index is -0.464. The molecule has 2 aromatic rings. The molecule has 0 spiro atoms. The van der Waals surface area contributed by atoms with Gasteiger partial charge < -0.3 is 10.1 Å². The van der Waals surface area contributed by atoms with Crippen molar-refractivity contribution in [3.8, 4) is 5.75 Å². The largest absolute Gasteiger partial charge is 0.491 e. The first-order valence-electron chi connectivity index (χ1n) is 9.20. The molecule has 0 heterocycles. The molecule has 0 aliphatic rings. The van der Waals surface area contributed by atoms with Gasteiger partial charge in [-0.05, 0) is 55.8 Å². The van der Waals surface area contributed by atoms with Crippen LogP contribution in [0.3, 0.4) is 0 Å². The van der Waals surface area contributed by atoms with Gasteiger partial charge in [0, 0.05) is 23.2 Å². The van der Waals surface area contributed by atoms with Crippen molar-refractivity contribution in [2.24, 2.45) is 0 Å². The molecule has 3 N–H and O–H groups in total. The fourth-order valence-corrected chi connectivity index (χ4v) is 2.24. The van der Waals surface area contributed by atoms with E-state index in [1.165, 1.54) is 0 Å². The van der Waals surface area contributed by atoms with Gasteiger partial charge in [-0.3, -0.25) is 25.2 Å². The van der Waals surface area contributed by atoms with Crippen molar-refractivity contribution in [3.05, 3.63) is 59.7 Å². The molecule has 0 aliphatic heterocycles. The summed E-state index contributed by atoms with van der Waals surface area (Å²) in [5, 5.41) is 2.70. The number of ether oxygens (including phenoxy) is 1. The predicted octanol–water partition coefficient (Wildman–Crippen LogP) is 3.29. The third kappa shape index (κ3) is 6.12. The highest BCUT2D eigenvalue weighted by molar-refractivity contribution is 5.99. The lowest BCUT2D eigenvalue weighted by Crippen LogP contribution is -2.41. The fraction of sp³-hybridized carbons (Fsp3) is 0.286. The van der Waals surface area contributed by atoms with E-state index in [1.54, 1.807) is 55.5 Å². The summed E-state index contributed by atoms with van der Waals surface area (Å²) in [6.07, 6.45) is 1.27. The predicted molar refractivity (Wildman–Crippen MR) is 107 cm³/mol. The van der Waals surface area contributed by atoms with Crippen LogP contribution in [0.1, 0.15) is 54.3 Å². The molecule has 1 unspecified atom stereocenters. The Morgan fingerprint density at radius 1 is 0.929 bits per heavy atom. The molecule has 0 saturated carbocycles. The van der Waals surface area contributed by atoms with Crippen LogP contribution in [0.4, 0.5) is 5.69 Å². The van der Waals surface area contributed by atoms with E-state index in [0.29, 0.717) is 29.0 Å². The van der Waals surface area contributed by atoms with Crippen molar-refractivity contribution in [2.75, 3.05) is 5.32 Å². The van der Waals surface area contributed by atoms with Crippen LogP contribution in [0.5, 0.6) is 5.75 Å². The van der Waals surface area contributed by atoms with Gasteiger partial charge in [0.25, 0.3) is 11.8 Å². The van der Waals surface area contributed by atoms with Gasteiger partial charge in [0.1, 0.15) is 5.75 Å². The van der Waals surface area contributed by atoms with Gasteiger partial charge in [0.05, 0.1) is 6.10 Å². The smallest absolute Gasteiger partial charge is 0.269 e. The van der Waals surface area contributed by atoms with Gasteiger partial charge in [0.2, 0.25) is 5.91 Å². The molecule has 7 heteroatoms. The number of carbonyl (C=O) groups is 3. The molecule has 0 saturated heterocycles. The van der Waals surface area contributed by atoms with Crippen molar-refractivity contribution >= 4 is 23.4 Å². The van der Waals surface area contributed by atoms with Crippen molar-refractivity contribution in [2.45, 2.75) is 39.7 Å². The van der Waals surface area contributed by atoms with Crippen LogP contribution in [-0.2, 0) is 4.79 Å². The summed E-state index contributed by atoms with van der Waals surface area (Å²) >= 11 is 0. The number of hydrazine groups is 1. The molecule has 2 aromatic carbocycles. The molecule has 7 nitrogen and oxygen atoms in total. The normalized spacial score (nSPS) is 11.2. The maximum atomic E-state index is 12.3. The maximum Gasteiger partial charge on any atom is 0.269 e. The van der Waals surface area contributed by atoms with Crippen LogP contribution >= 0.6 is 0 Å². The van der Waals surface area contributed by atoms with Crippen LogP contribution in [0.2, 0.25) is 0 Å². The van der Waals surface area contributed by atoms with Crippen molar-refractivity contribution in [3.63, 3.8) is 0 Å². The zero-order valence-electron chi connectivity index (χ0n) is 16.2. The minimum Gasteiger partial charge on any atom is -0.491 e. The van der Waals surface area contributed by atoms with Crippen LogP contribution < -0.4 is 20.9 Å². The second-order valence-electron chi connectivity index (χ2n) is 6.25. The first-order chi connectivity index (χ1) is 13.4. The molecule has 0 bridgehead atoms. The third-order valence-corrected chi connectivity index (χ3v) is 4.05. The number of carbonyl (C=O) groups excluding carboxylic acids is 3. The van der Waals surface area contributed by atoms with E-state index in [2.05, 4.69) is 16.2 Å². The molecule has 2 rings (SSSR count). The number of hydrogen-bond acceptors (Lipinski definition) is 4. The average Bonchev–Trinajstić information content (AvgIpc) is 2.72. The molecular weight excluding hydrogens is 358 g/mol. The summed E-state index contributed by atoms with van der Waals surface area (Å²) in [5.74, 6) is -0.425. The van der Waals surface area contributed by atoms with Crippen LogP contribution in [0.15, 0.2) is 48.5 Å². The van der Waals surface area contributed by atoms with Gasteiger partial charge in [0.15, 0.2) is 0 Å². The highest BCUT2D eigenvalue weighted by atomic mass is 16.5. The third-order valence-electron chi connectivity index (χ3n) is 4.05. The molecule has 0 fully saturated rings. The summed E-state index contributed by atoms with van der Waals surface area (Å²) in [6, 6.07) is 13.1. The van der Waals surface area contributed by atoms with Crippen LogP contribution in [-0.4, -0.2) is 23.8 Å². The number of anilines is 1. The molecule has 1 atom stereocenters. The Labute approximate surface area is 164 Å². The molecule has 148 valence electrons. The average molecular weight is 383 g/mol. The van der Waals surface area contributed by atoms with Gasteiger partial charge in [-0.15, -0.1) is 0 Å². The Hall–Kier alpha value is -3.35. The van der Waals surface area contributed by atoms with Crippen LogP contribution in [0.25, 0.3) is 0 Å². The van der Waals surface area contributed by atoms with Crippen molar-refractivity contribution in [1.29, 1.82) is 0 Å². The highest BCUT2D eigenvalue weighted by Gasteiger charge is 2.11. The van der Waals surface area contributed by atoms with Gasteiger partial charge in [-0.2, -0.15) is 0 Å². The van der Waals surface area contributed by atoms with Crippen LogP contribution in [0, 0.1) is 0 Å². The number of hydrogen-bond donors (Lipinski definition) is 3. The van der Waals surface area contributed by atoms with Gasteiger partial charge >= 0.3 is 0 Å². The minimum absolute atomic E-state index is 0.0445. The number of benzene rings is 2. The highest BCUT2D eigenvalue weighted by Crippen LogP contribution is 2.16.